The first kappa shape index (κ1) is 12.2. The number of H-pyrrole nitrogens is 1. The predicted molar refractivity (Wildman–Crippen MR) is 70.5 cm³/mol. The molecule has 0 saturated carbocycles. The molecular formula is C13H16N4O. The Morgan fingerprint density at radius 2 is 2.17 bits per heavy atom. The van der Waals surface area contributed by atoms with E-state index >= 15 is 0 Å². The SMILES string of the molecule is CNc1ccccc1C(=O)NCc1cn[nH]c1C. The van der Waals surface area contributed by atoms with Crippen molar-refractivity contribution in [3.8, 4) is 0 Å². The Hall–Kier alpha value is -2.30. The van der Waals surface area contributed by atoms with Gasteiger partial charge in [-0.15, -0.1) is 0 Å². The number of aryl methyl sites for hydroxylation is 1. The first-order valence-corrected chi connectivity index (χ1v) is 5.76. The van der Waals surface area contributed by atoms with Crippen LogP contribution in [0.1, 0.15) is 21.6 Å². The van der Waals surface area contributed by atoms with Crippen LogP contribution in [0.25, 0.3) is 0 Å². The van der Waals surface area contributed by atoms with Crippen molar-refractivity contribution in [1.29, 1.82) is 0 Å². The quantitative estimate of drug-likeness (QED) is 0.766. The number of benzene rings is 1. The molecule has 0 unspecified atom stereocenters. The number of nitrogens with zero attached hydrogens (tertiary/aromatic N) is 1. The lowest BCUT2D eigenvalue weighted by atomic mass is 10.1. The first-order valence-electron chi connectivity index (χ1n) is 5.76. The number of hydrogen-bond acceptors (Lipinski definition) is 3. The Morgan fingerprint density at radius 1 is 1.39 bits per heavy atom. The summed E-state index contributed by atoms with van der Waals surface area (Å²) < 4.78 is 0. The van der Waals surface area contributed by atoms with E-state index in [4.69, 9.17) is 0 Å². The summed E-state index contributed by atoms with van der Waals surface area (Å²) in [6.45, 7) is 2.40. The number of aromatic amines is 1. The van der Waals surface area contributed by atoms with Gasteiger partial charge in [-0.25, -0.2) is 0 Å². The van der Waals surface area contributed by atoms with Gasteiger partial charge in [-0.2, -0.15) is 5.10 Å². The maximum atomic E-state index is 12.0. The van der Waals surface area contributed by atoms with E-state index in [9.17, 15) is 4.79 Å². The molecule has 0 aliphatic heterocycles. The number of carbonyl (C=O) groups is 1. The molecule has 0 radical (unpaired) electrons. The molecule has 1 aromatic carbocycles. The maximum absolute atomic E-state index is 12.0. The molecule has 1 heterocycles. The van der Waals surface area contributed by atoms with Gasteiger partial charge in [0.15, 0.2) is 0 Å². The second-order valence-electron chi connectivity index (χ2n) is 4.00. The van der Waals surface area contributed by atoms with Crippen LogP contribution in [-0.2, 0) is 6.54 Å². The summed E-state index contributed by atoms with van der Waals surface area (Å²) in [5, 5.41) is 12.6. The fraction of sp³-hybridized carbons (Fsp3) is 0.231. The van der Waals surface area contributed by atoms with Gasteiger partial charge in [-0.05, 0) is 19.1 Å². The molecule has 0 spiro atoms. The number of para-hydroxylation sites is 1. The van der Waals surface area contributed by atoms with E-state index in [2.05, 4.69) is 20.8 Å². The van der Waals surface area contributed by atoms with Crippen molar-refractivity contribution >= 4 is 11.6 Å². The second-order valence-corrected chi connectivity index (χ2v) is 4.00. The summed E-state index contributed by atoms with van der Waals surface area (Å²) in [4.78, 5) is 12.0. The van der Waals surface area contributed by atoms with Gasteiger partial charge in [0, 0.05) is 30.5 Å². The molecule has 5 heteroatoms. The number of rotatable bonds is 4. The van der Waals surface area contributed by atoms with Crippen LogP contribution >= 0.6 is 0 Å². The molecule has 0 aliphatic rings. The van der Waals surface area contributed by atoms with Gasteiger partial charge < -0.3 is 10.6 Å². The Bertz CT molecular complexity index is 547. The minimum atomic E-state index is -0.0967. The largest absolute Gasteiger partial charge is 0.387 e. The minimum absolute atomic E-state index is 0.0967. The highest BCUT2D eigenvalue weighted by Crippen LogP contribution is 2.14. The smallest absolute Gasteiger partial charge is 0.253 e. The fourth-order valence-corrected chi connectivity index (χ4v) is 1.72. The summed E-state index contributed by atoms with van der Waals surface area (Å²) in [6, 6.07) is 7.41. The highest BCUT2D eigenvalue weighted by molar-refractivity contribution is 5.99. The van der Waals surface area contributed by atoms with Crippen molar-refractivity contribution in [3.05, 3.63) is 47.3 Å². The molecule has 0 aliphatic carbocycles. The molecule has 2 rings (SSSR count). The van der Waals surface area contributed by atoms with Crippen molar-refractivity contribution < 1.29 is 4.79 Å². The van der Waals surface area contributed by atoms with E-state index in [1.54, 1.807) is 19.3 Å². The second kappa shape index (κ2) is 5.35. The van der Waals surface area contributed by atoms with Gasteiger partial charge >= 0.3 is 0 Å². The molecular weight excluding hydrogens is 228 g/mol. The van der Waals surface area contributed by atoms with E-state index in [0.29, 0.717) is 12.1 Å². The summed E-state index contributed by atoms with van der Waals surface area (Å²) in [7, 11) is 1.80. The van der Waals surface area contributed by atoms with E-state index in [1.165, 1.54) is 0 Å². The van der Waals surface area contributed by atoms with Gasteiger partial charge in [0.25, 0.3) is 5.91 Å². The Kier molecular flexibility index (Phi) is 3.62. The summed E-state index contributed by atoms with van der Waals surface area (Å²) in [5.41, 5.74) is 3.42. The number of hydrogen-bond donors (Lipinski definition) is 3. The van der Waals surface area contributed by atoms with E-state index in [1.807, 2.05) is 25.1 Å². The molecule has 0 atom stereocenters. The zero-order valence-corrected chi connectivity index (χ0v) is 10.4. The van der Waals surface area contributed by atoms with Crippen molar-refractivity contribution in [2.75, 3.05) is 12.4 Å². The third-order valence-electron chi connectivity index (χ3n) is 2.81. The molecule has 0 bridgehead atoms. The number of anilines is 1. The predicted octanol–water partition coefficient (Wildman–Crippen LogP) is 1.69. The molecule has 18 heavy (non-hydrogen) atoms. The fourth-order valence-electron chi connectivity index (χ4n) is 1.72. The van der Waals surface area contributed by atoms with Crippen LogP contribution in [0.3, 0.4) is 0 Å². The monoisotopic (exact) mass is 244 g/mol. The Morgan fingerprint density at radius 3 is 2.83 bits per heavy atom. The molecule has 94 valence electrons. The van der Waals surface area contributed by atoms with E-state index in [-0.39, 0.29) is 5.91 Å². The normalized spacial score (nSPS) is 10.1. The van der Waals surface area contributed by atoms with Crippen LogP contribution in [0.4, 0.5) is 5.69 Å². The molecule has 2 aromatic rings. The number of amides is 1. The summed E-state index contributed by atoms with van der Waals surface area (Å²) >= 11 is 0. The van der Waals surface area contributed by atoms with E-state index in [0.717, 1.165) is 16.9 Å². The minimum Gasteiger partial charge on any atom is -0.387 e. The molecule has 0 fully saturated rings. The highest BCUT2D eigenvalue weighted by atomic mass is 16.1. The van der Waals surface area contributed by atoms with Crippen LogP contribution in [0.5, 0.6) is 0 Å². The topological polar surface area (TPSA) is 69.8 Å². The first-order chi connectivity index (χ1) is 8.72. The van der Waals surface area contributed by atoms with Gasteiger partial charge in [-0.1, -0.05) is 12.1 Å². The standard InChI is InChI=1S/C13H16N4O/c1-9-10(8-16-17-9)7-15-13(18)11-5-3-4-6-12(11)14-2/h3-6,8,14H,7H2,1-2H3,(H,15,18)(H,16,17). The van der Waals surface area contributed by atoms with Gasteiger partial charge in [0.05, 0.1) is 11.8 Å². The number of nitrogens with one attached hydrogen (secondary N) is 3. The van der Waals surface area contributed by atoms with Gasteiger partial charge in [0.2, 0.25) is 0 Å². The zero-order valence-electron chi connectivity index (χ0n) is 10.4. The third-order valence-corrected chi connectivity index (χ3v) is 2.81. The van der Waals surface area contributed by atoms with Crippen LogP contribution in [-0.4, -0.2) is 23.2 Å². The van der Waals surface area contributed by atoms with Crippen LogP contribution < -0.4 is 10.6 Å². The lowest BCUT2D eigenvalue weighted by molar-refractivity contribution is 0.0951. The molecule has 1 aromatic heterocycles. The van der Waals surface area contributed by atoms with Crippen LogP contribution in [0.15, 0.2) is 30.5 Å². The third kappa shape index (κ3) is 2.51. The van der Waals surface area contributed by atoms with Crippen molar-refractivity contribution in [2.24, 2.45) is 0 Å². The molecule has 5 nitrogen and oxygen atoms in total. The molecule has 1 amide bonds. The lowest BCUT2D eigenvalue weighted by Crippen LogP contribution is -2.23. The number of aromatic nitrogens is 2. The van der Waals surface area contributed by atoms with Gasteiger partial charge in [0.1, 0.15) is 0 Å². The number of carbonyl (C=O) groups excluding carboxylic acids is 1. The van der Waals surface area contributed by atoms with Crippen LogP contribution in [0.2, 0.25) is 0 Å². The zero-order chi connectivity index (χ0) is 13.0. The van der Waals surface area contributed by atoms with Crippen molar-refractivity contribution in [1.82, 2.24) is 15.5 Å². The summed E-state index contributed by atoms with van der Waals surface area (Å²) in [5.74, 6) is -0.0967. The maximum Gasteiger partial charge on any atom is 0.253 e. The van der Waals surface area contributed by atoms with Crippen LogP contribution in [0, 0.1) is 6.92 Å². The Labute approximate surface area is 106 Å². The molecule has 3 N–H and O–H groups in total. The average Bonchev–Trinajstić information content (AvgIpc) is 2.81. The van der Waals surface area contributed by atoms with Crippen molar-refractivity contribution in [2.45, 2.75) is 13.5 Å². The summed E-state index contributed by atoms with van der Waals surface area (Å²) in [6.07, 6.45) is 1.72. The highest BCUT2D eigenvalue weighted by Gasteiger charge is 2.10. The average molecular weight is 244 g/mol. The van der Waals surface area contributed by atoms with E-state index < -0.39 is 0 Å². The van der Waals surface area contributed by atoms with Crippen molar-refractivity contribution in [3.63, 3.8) is 0 Å². The Balaban J connectivity index is 2.06. The lowest BCUT2D eigenvalue weighted by Gasteiger charge is -2.09. The van der Waals surface area contributed by atoms with Gasteiger partial charge in [-0.3, -0.25) is 9.89 Å². The molecule has 0 saturated heterocycles.